The number of hydrogen-bond acceptors (Lipinski definition) is 1. The molecular formula is C35H53N2. The van der Waals surface area contributed by atoms with Gasteiger partial charge in [0.15, 0.2) is 0 Å². The first-order valence-electron chi connectivity index (χ1n) is 14.2. The number of aliphatic imine (C=N–C) groups is 1. The average molecular weight is 502 g/mol. The highest BCUT2D eigenvalue weighted by molar-refractivity contribution is 6.01. The maximum atomic E-state index is 5.46. The molecule has 0 aromatic heterocycles. The van der Waals surface area contributed by atoms with Crippen LogP contribution in [-0.4, -0.2) is 5.71 Å². The first kappa shape index (κ1) is 30.9. The summed E-state index contributed by atoms with van der Waals surface area (Å²) in [6, 6.07) is 13.3. The fourth-order valence-electron chi connectivity index (χ4n) is 4.49. The first-order chi connectivity index (χ1) is 16.9. The number of nitrogens with zero attached hydrogens (tertiary/aromatic N) is 2. The Labute approximate surface area is 229 Å². The Morgan fingerprint density at radius 2 is 0.919 bits per heavy atom. The molecule has 2 nitrogen and oxygen atoms in total. The summed E-state index contributed by atoms with van der Waals surface area (Å²) in [6.07, 6.45) is 2.28. The Bertz CT molecular complexity index is 1060. The molecule has 0 saturated heterocycles. The molecule has 0 bridgehead atoms. The second-order valence-electron chi connectivity index (χ2n) is 13.8. The van der Waals surface area contributed by atoms with E-state index in [9.17, 15) is 0 Å². The predicted molar refractivity (Wildman–Crippen MR) is 165 cm³/mol. The van der Waals surface area contributed by atoms with Gasteiger partial charge in [0.25, 0.3) is 0 Å². The van der Waals surface area contributed by atoms with Crippen LogP contribution < -0.4 is 5.32 Å². The summed E-state index contributed by atoms with van der Waals surface area (Å²) < 4.78 is 0. The molecule has 2 rings (SSSR count). The van der Waals surface area contributed by atoms with E-state index in [-0.39, 0.29) is 10.8 Å². The van der Waals surface area contributed by atoms with Crippen LogP contribution in [0.15, 0.2) is 53.2 Å². The van der Waals surface area contributed by atoms with Crippen molar-refractivity contribution in [2.45, 2.75) is 121 Å². The molecular weight excluding hydrogens is 448 g/mol. The minimum absolute atomic E-state index is 0.136. The lowest BCUT2D eigenvalue weighted by Gasteiger charge is -2.29. The topological polar surface area (TPSA) is 26.5 Å². The molecule has 0 aliphatic rings. The molecule has 0 aliphatic carbocycles. The van der Waals surface area contributed by atoms with E-state index in [1.54, 1.807) is 0 Å². The van der Waals surface area contributed by atoms with Crippen molar-refractivity contribution in [2.75, 3.05) is 0 Å². The van der Waals surface area contributed by atoms with Crippen LogP contribution in [0.3, 0.4) is 0 Å². The molecule has 0 N–H and O–H groups in total. The fraction of sp³-hybridized carbons (Fsp3) is 0.571. The lowest BCUT2D eigenvalue weighted by Crippen LogP contribution is -2.24. The van der Waals surface area contributed by atoms with Gasteiger partial charge >= 0.3 is 0 Å². The largest absolute Gasteiger partial charge is 0.252 e. The molecule has 2 aromatic rings. The summed E-state index contributed by atoms with van der Waals surface area (Å²) in [5.74, 6) is 1.61. The quantitative estimate of drug-likeness (QED) is 0.321. The van der Waals surface area contributed by atoms with E-state index >= 15 is 0 Å². The third-order valence-corrected chi connectivity index (χ3v) is 6.96. The Morgan fingerprint density at radius 1 is 0.568 bits per heavy atom. The van der Waals surface area contributed by atoms with Crippen LogP contribution >= 0.6 is 0 Å². The van der Waals surface area contributed by atoms with E-state index in [1.807, 2.05) is 0 Å². The molecule has 0 amide bonds. The fourth-order valence-corrected chi connectivity index (χ4v) is 4.49. The number of allylic oxidation sites excluding steroid dienone is 2. The zero-order chi connectivity index (χ0) is 28.3. The number of rotatable bonds is 8. The summed E-state index contributed by atoms with van der Waals surface area (Å²) in [7, 11) is 0. The molecule has 0 aliphatic heterocycles. The summed E-state index contributed by atoms with van der Waals surface area (Å²) in [4.78, 5) is 5.46. The lowest BCUT2D eigenvalue weighted by atomic mass is 9.83. The zero-order valence-corrected chi connectivity index (χ0v) is 26.2. The van der Waals surface area contributed by atoms with E-state index in [4.69, 9.17) is 10.3 Å². The Balaban J connectivity index is 2.86. The van der Waals surface area contributed by atoms with Crippen LogP contribution in [0.4, 0.5) is 11.4 Å². The standard InChI is InChI=1S/C35H53N2/c1-22(2)26-17-15-18-27(23(3)4)32(26)36-30(34(9,10)11)21-31(35(12,13)14)37-33-28(24(5)6)19-16-20-29(33)25(7)8/h15-25H,1-14H3. The van der Waals surface area contributed by atoms with Gasteiger partial charge in [-0.15, -0.1) is 0 Å². The Kier molecular flexibility index (Phi) is 10.0. The second kappa shape index (κ2) is 12.0. The van der Waals surface area contributed by atoms with E-state index in [0.717, 1.165) is 22.8 Å². The van der Waals surface area contributed by atoms with Gasteiger partial charge in [-0.1, -0.05) is 133 Å². The number of hydrogen-bond donors (Lipinski definition) is 0. The first-order valence-corrected chi connectivity index (χ1v) is 14.2. The summed E-state index contributed by atoms with van der Waals surface area (Å²) in [6.45, 7) is 31.7. The average Bonchev–Trinajstić information content (AvgIpc) is 2.75. The van der Waals surface area contributed by atoms with Crippen LogP contribution in [0.25, 0.3) is 0 Å². The lowest BCUT2D eigenvalue weighted by molar-refractivity contribution is 0.475. The molecule has 0 atom stereocenters. The third kappa shape index (κ3) is 7.82. The molecule has 37 heavy (non-hydrogen) atoms. The third-order valence-electron chi connectivity index (χ3n) is 6.96. The number of benzene rings is 2. The molecule has 2 aromatic carbocycles. The van der Waals surface area contributed by atoms with Crippen LogP contribution in [-0.2, 0) is 0 Å². The minimum atomic E-state index is -0.136. The molecule has 0 spiro atoms. The van der Waals surface area contributed by atoms with Gasteiger partial charge in [0.05, 0.1) is 11.4 Å². The van der Waals surface area contributed by atoms with Crippen molar-refractivity contribution < 1.29 is 0 Å². The molecule has 0 unspecified atom stereocenters. The van der Waals surface area contributed by atoms with E-state index in [0.29, 0.717) is 23.7 Å². The van der Waals surface area contributed by atoms with Crippen molar-refractivity contribution in [3.63, 3.8) is 0 Å². The van der Waals surface area contributed by atoms with Gasteiger partial charge in [-0.05, 0) is 52.0 Å². The predicted octanol–water partition coefficient (Wildman–Crippen LogP) is 11.2. The molecule has 0 saturated carbocycles. The highest BCUT2D eigenvalue weighted by Gasteiger charge is 2.27. The van der Waals surface area contributed by atoms with Gasteiger partial charge in [-0.3, -0.25) is 10.3 Å². The molecule has 203 valence electrons. The molecule has 0 heterocycles. The van der Waals surface area contributed by atoms with Crippen LogP contribution in [0.1, 0.15) is 143 Å². The summed E-state index contributed by atoms with van der Waals surface area (Å²) >= 11 is 0. The van der Waals surface area contributed by atoms with Gasteiger partial charge < -0.3 is 0 Å². The molecule has 2 heteroatoms. The van der Waals surface area contributed by atoms with E-state index in [1.165, 1.54) is 22.3 Å². The van der Waals surface area contributed by atoms with Crippen molar-refractivity contribution in [1.82, 2.24) is 5.32 Å². The smallest absolute Gasteiger partial charge is 0.0702 e. The molecule has 0 fully saturated rings. The van der Waals surface area contributed by atoms with Crippen molar-refractivity contribution in [2.24, 2.45) is 15.8 Å². The van der Waals surface area contributed by atoms with Gasteiger partial charge in [-0.2, -0.15) is 0 Å². The van der Waals surface area contributed by atoms with Crippen LogP contribution in [0.2, 0.25) is 0 Å². The summed E-state index contributed by atoms with van der Waals surface area (Å²) in [5, 5.41) is 5.46. The van der Waals surface area contributed by atoms with Crippen molar-refractivity contribution in [3.8, 4) is 0 Å². The SMILES string of the molecule is CC(C)c1cccc(C(C)C)c1[N]C(=CC(=Nc1c(C(C)C)cccc1C(C)C)C(C)(C)C)C(C)(C)C. The summed E-state index contributed by atoms with van der Waals surface area (Å²) in [5.41, 5.74) is 9.37. The van der Waals surface area contributed by atoms with Gasteiger partial charge in [0.2, 0.25) is 0 Å². The van der Waals surface area contributed by atoms with Crippen molar-refractivity contribution in [1.29, 1.82) is 0 Å². The Morgan fingerprint density at radius 3 is 1.22 bits per heavy atom. The highest BCUT2D eigenvalue weighted by Crippen LogP contribution is 2.39. The van der Waals surface area contributed by atoms with E-state index in [2.05, 4.69) is 139 Å². The number of para-hydroxylation sites is 2. The minimum Gasteiger partial charge on any atom is -0.252 e. The molecule has 1 radical (unpaired) electrons. The maximum Gasteiger partial charge on any atom is 0.0702 e. The normalized spacial score (nSPS) is 13.9. The van der Waals surface area contributed by atoms with Crippen LogP contribution in [0.5, 0.6) is 0 Å². The van der Waals surface area contributed by atoms with Crippen LogP contribution in [0, 0.1) is 10.8 Å². The van der Waals surface area contributed by atoms with Gasteiger partial charge in [-0.25, -0.2) is 0 Å². The van der Waals surface area contributed by atoms with Gasteiger partial charge in [0.1, 0.15) is 0 Å². The Hall–Kier alpha value is -2.35. The van der Waals surface area contributed by atoms with Crippen molar-refractivity contribution in [3.05, 3.63) is 70.4 Å². The second-order valence-corrected chi connectivity index (χ2v) is 13.8. The highest BCUT2D eigenvalue weighted by atomic mass is 14.9. The monoisotopic (exact) mass is 501 g/mol. The van der Waals surface area contributed by atoms with Gasteiger partial charge in [0, 0.05) is 22.2 Å². The maximum absolute atomic E-state index is 5.46. The van der Waals surface area contributed by atoms with E-state index < -0.39 is 0 Å². The van der Waals surface area contributed by atoms with Crippen molar-refractivity contribution >= 4 is 17.1 Å². The zero-order valence-electron chi connectivity index (χ0n) is 26.2.